The number of carbonyl (C=O) groups excluding carboxylic acids is 1. The quantitative estimate of drug-likeness (QED) is 0.770. The molecule has 0 atom stereocenters. The van der Waals surface area contributed by atoms with Gasteiger partial charge in [0.2, 0.25) is 0 Å². The van der Waals surface area contributed by atoms with Crippen molar-refractivity contribution >= 4 is 5.91 Å². The number of amides is 1. The van der Waals surface area contributed by atoms with Crippen molar-refractivity contribution in [2.45, 2.75) is 64.0 Å². The van der Waals surface area contributed by atoms with Crippen molar-refractivity contribution in [1.29, 1.82) is 0 Å². The van der Waals surface area contributed by atoms with E-state index in [-0.39, 0.29) is 5.91 Å². The zero-order valence-corrected chi connectivity index (χ0v) is 10.3. The molecule has 0 saturated heterocycles. The molecular weight excluding hydrogens is 202 g/mol. The Morgan fingerprint density at radius 1 is 1.25 bits per heavy atom. The molecule has 92 valence electrons. The summed E-state index contributed by atoms with van der Waals surface area (Å²) in [5.74, 6) is 1.43. The van der Waals surface area contributed by atoms with Crippen LogP contribution in [0.1, 0.15) is 52.4 Å². The SMILES string of the molecule is CC(C)C1CCC(NC(=O)C2(O)CC2)CC1. The molecular formula is C13H23NO2. The lowest BCUT2D eigenvalue weighted by Gasteiger charge is -2.31. The largest absolute Gasteiger partial charge is 0.380 e. The first kappa shape index (κ1) is 11.9. The van der Waals surface area contributed by atoms with Gasteiger partial charge in [0.05, 0.1) is 0 Å². The highest BCUT2D eigenvalue weighted by Gasteiger charge is 2.48. The second-order valence-electron chi connectivity index (χ2n) is 5.86. The summed E-state index contributed by atoms with van der Waals surface area (Å²) in [4.78, 5) is 11.6. The van der Waals surface area contributed by atoms with Crippen LogP contribution in [0.3, 0.4) is 0 Å². The van der Waals surface area contributed by atoms with Crippen molar-refractivity contribution in [3.63, 3.8) is 0 Å². The van der Waals surface area contributed by atoms with Gasteiger partial charge in [0, 0.05) is 6.04 Å². The summed E-state index contributed by atoms with van der Waals surface area (Å²) in [6.07, 6.45) is 5.85. The third kappa shape index (κ3) is 2.57. The van der Waals surface area contributed by atoms with Gasteiger partial charge in [-0.2, -0.15) is 0 Å². The molecule has 0 aromatic rings. The van der Waals surface area contributed by atoms with Crippen LogP contribution in [-0.2, 0) is 4.79 Å². The molecule has 2 N–H and O–H groups in total. The van der Waals surface area contributed by atoms with E-state index in [1.54, 1.807) is 0 Å². The van der Waals surface area contributed by atoms with Gasteiger partial charge < -0.3 is 10.4 Å². The van der Waals surface area contributed by atoms with Crippen molar-refractivity contribution in [2.24, 2.45) is 11.8 Å². The van der Waals surface area contributed by atoms with E-state index in [1.165, 1.54) is 12.8 Å². The summed E-state index contributed by atoms with van der Waals surface area (Å²) in [5.41, 5.74) is -1.01. The average molecular weight is 225 g/mol. The maximum atomic E-state index is 11.6. The number of hydrogen-bond acceptors (Lipinski definition) is 2. The van der Waals surface area contributed by atoms with Crippen LogP contribution in [-0.4, -0.2) is 22.7 Å². The highest BCUT2D eigenvalue weighted by Crippen LogP contribution is 2.36. The van der Waals surface area contributed by atoms with Gasteiger partial charge in [0.1, 0.15) is 5.60 Å². The second-order valence-corrected chi connectivity index (χ2v) is 5.86. The summed E-state index contributed by atoms with van der Waals surface area (Å²) in [6.45, 7) is 4.55. The van der Waals surface area contributed by atoms with E-state index in [2.05, 4.69) is 19.2 Å². The first-order chi connectivity index (χ1) is 7.51. The highest BCUT2D eigenvalue weighted by atomic mass is 16.3. The smallest absolute Gasteiger partial charge is 0.252 e. The standard InChI is InChI=1S/C13H23NO2/c1-9(2)10-3-5-11(6-4-10)14-12(15)13(16)7-8-13/h9-11,16H,3-8H2,1-2H3,(H,14,15). The van der Waals surface area contributed by atoms with Crippen LogP contribution in [0.5, 0.6) is 0 Å². The summed E-state index contributed by atoms with van der Waals surface area (Å²) in [5, 5.41) is 12.6. The van der Waals surface area contributed by atoms with Gasteiger partial charge in [-0.1, -0.05) is 13.8 Å². The lowest BCUT2D eigenvalue weighted by molar-refractivity contribution is -0.132. The second kappa shape index (κ2) is 4.36. The van der Waals surface area contributed by atoms with Gasteiger partial charge in [-0.3, -0.25) is 4.79 Å². The zero-order valence-electron chi connectivity index (χ0n) is 10.3. The van der Waals surface area contributed by atoms with Gasteiger partial charge in [-0.15, -0.1) is 0 Å². The Bertz CT molecular complexity index is 263. The molecule has 16 heavy (non-hydrogen) atoms. The Labute approximate surface area is 97.6 Å². The molecule has 1 amide bonds. The van der Waals surface area contributed by atoms with Crippen molar-refractivity contribution in [2.75, 3.05) is 0 Å². The fourth-order valence-electron chi connectivity index (χ4n) is 2.60. The van der Waals surface area contributed by atoms with E-state index < -0.39 is 5.60 Å². The molecule has 2 saturated carbocycles. The molecule has 0 spiro atoms. The molecule has 2 aliphatic carbocycles. The minimum Gasteiger partial charge on any atom is -0.380 e. The first-order valence-corrected chi connectivity index (χ1v) is 6.54. The lowest BCUT2D eigenvalue weighted by atomic mass is 9.79. The number of rotatable bonds is 3. The number of carbonyl (C=O) groups is 1. The number of hydrogen-bond donors (Lipinski definition) is 2. The predicted octanol–water partition coefficient (Wildman–Crippen LogP) is 1.84. The first-order valence-electron chi connectivity index (χ1n) is 6.54. The molecule has 2 rings (SSSR count). The van der Waals surface area contributed by atoms with Crippen LogP contribution in [0.2, 0.25) is 0 Å². The third-order valence-electron chi connectivity index (χ3n) is 4.20. The molecule has 0 unspecified atom stereocenters. The zero-order chi connectivity index (χ0) is 11.8. The Morgan fingerprint density at radius 2 is 1.81 bits per heavy atom. The maximum Gasteiger partial charge on any atom is 0.252 e. The summed E-state index contributed by atoms with van der Waals surface area (Å²) in [6, 6.07) is 0.298. The third-order valence-corrected chi connectivity index (χ3v) is 4.20. The molecule has 0 heterocycles. The van der Waals surface area contributed by atoms with Crippen LogP contribution >= 0.6 is 0 Å². The molecule has 0 bridgehead atoms. The van der Waals surface area contributed by atoms with E-state index >= 15 is 0 Å². The topological polar surface area (TPSA) is 49.3 Å². The molecule has 0 radical (unpaired) electrons. The lowest BCUT2D eigenvalue weighted by Crippen LogP contribution is -2.44. The minimum absolute atomic E-state index is 0.138. The maximum absolute atomic E-state index is 11.6. The molecule has 0 aromatic carbocycles. The van der Waals surface area contributed by atoms with E-state index in [0.717, 1.165) is 24.7 Å². The van der Waals surface area contributed by atoms with Crippen LogP contribution in [0.25, 0.3) is 0 Å². The number of aliphatic hydroxyl groups is 1. The van der Waals surface area contributed by atoms with Gasteiger partial charge in [0.25, 0.3) is 5.91 Å². The van der Waals surface area contributed by atoms with Crippen molar-refractivity contribution in [1.82, 2.24) is 5.32 Å². The van der Waals surface area contributed by atoms with Crippen LogP contribution in [0.4, 0.5) is 0 Å². The fourth-order valence-corrected chi connectivity index (χ4v) is 2.60. The van der Waals surface area contributed by atoms with Crippen LogP contribution in [0, 0.1) is 11.8 Å². The van der Waals surface area contributed by atoms with Gasteiger partial charge >= 0.3 is 0 Å². The van der Waals surface area contributed by atoms with Crippen LogP contribution in [0.15, 0.2) is 0 Å². The summed E-state index contributed by atoms with van der Waals surface area (Å²) in [7, 11) is 0. The molecule has 0 aliphatic heterocycles. The van der Waals surface area contributed by atoms with Crippen molar-refractivity contribution in [3.05, 3.63) is 0 Å². The minimum atomic E-state index is -1.01. The van der Waals surface area contributed by atoms with Gasteiger partial charge in [-0.25, -0.2) is 0 Å². The number of nitrogens with one attached hydrogen (secondary N) is 1. The molecule has 3 nitrogen and oxygen atoms in total. The fraction of sp³-hybridized carbons (Fsp3) is 0.923. The van der Waals surface area contributed by atoms with Crippen LogP contribution < -0.4 is 5.32 Å². The molecule has 2 fully saturated rings. The predicted molar refractivity (Wildman–Crippen MR) is 62.9 cm³/mol. The monoisotopic (exact) mass is 225 g/mol. The highest BCUT2D eigenvalue weighted by molar-refractivity contribution is 5.87. The van der Waals surface area contributed by atoms with E-state index in [1.807, 2.05) is 0 Å². The van der Waals surface area contributed by atoms with E-state index in [4.69, 9.17) is 0 Å². The van der Waals surface area contributed by atoms with Gasteiger partial charge in [-0.05, 0) is 50.4 Å². The Balaban J connectivity index is 1.75. The average Bonchev–Trinajstić information content (AvgIpc) is 2.99. The molecule has 3 heteroatoms. The Hall–Kier alpha value is -0.570. The van der Waals surface area contributed by atoms with Crippen molar-refractivity contribution < 1.29 is 9.90 Å². The summed E-state index contributed by atoms with van der Waals surface area (Å²) < 4.78 is 0. The summed E-state index contributed by atoms with van der Waals surface area (Å²) >= 11 is 0. The molecule has 0 aromatic heterocycles. The Kier molecular flexibility index (Phi) is 3.24. The Morgan fingerprint density at radius 3 is 2.25 bits per heavy atom. The van der Waals surface area contributed by atoms with E-state index in [9.17, 15) is 9.90 Å². The normalized spacial score (nSPS) is 32.5. The van der Waals surface area contributed by atoms with Gasteiger partial charge in [0.15, 0.2) is 0 Å². The van der Waals surface area contributed by atoms with Crippen molar-refractivity contribution in [3.8, 4) is 0 Å². The van der Waals surface area contributed by atoms with E-state index in [0.29, 0.717) is 18.9 Å². The molecule has 2 aliphatic rings.